The average Bonchev–Trinajstić information content (AvgIpc) is 3.22. The van der Waals surface area contributed by atoms with E-state index in [2.05, 4.69) is 5.32 Å². The van der Waals surface area contributed by atoms with Gasteiger partial charge in [0.05, 0.1) is 12.2 Å². The molecule has 0 aliphatic carbocycles. The van der Waals surface area contributed by atoms with Gasteiger partial charge in [0.25, 0.3) is 5.91 Å². The zero-order valence-electron chi connectivity index (χ0n) is 18.7. The number of nitrogens with zero attached hydrogens (tertiary/aromatic N) is 2. The molecule has 2 aliphatic rings. The normalized spacial score (nSPS) is 20.6. The molecule has 2 aliphatic heterocycles. The minimum absolute atomic E-state index is 0.233. The SMILES string of the molecule is CC1(C)CN(C(=O)Nc2cccc(F)c2)[C@]2(S1)C(=O)N(Cc1ccc(F)cc1)c1ccccc12. The molecule has 0 bridgehead atoms. The molecule has 5 nitrogen and oxygen atoms in total. The number of amides is 3. The van der Waals surface area contributed by atoms with Crippen LogP contribution in [-0.2, 0) is 16.2 Å². The number of fused-ring (bicyclic) bond motifs is 2. The topological polar surface area (TPSA) is 52.7 Å². The number of rotatable bonds is 3. The molecule has 1 saturated heterocycles. The van der Waals surface area contributed by atoms with Crippen LogP contribution >= 0.6 is 11.8 Å². The first-order chi connectivity index (χ1) is 16.2. The van der Waals surface area contributed by atoms with Gasteiger partial charge in [-0.15, -0.1) is 11.8 Å². The highest BCUT2D eigenvalue weighted by Gasteiger charge is 2.63. The Bertz CT molecular complexity index is 1280. The fraction of sp³-hybridized carbons (Fsp3) is 0.231. The number of nitrogens with one attached hydrogen (secondary N) is 1. The van der Waals surface area contributed by atoms with Crippen molar-refractivity contribution in [1.29, 1.82) is 0 Å². The number of urea groups is 1. The molecule has 174 valence electrons. The highest BCUT2D eigenvalue weighted by molar-refractivity contribution is 8.02. The number of carbonyl (C=O) groups is 2. The van der Waals surface area contributed by atoms with Gasteiger partial charge in [0.1, 0.15) is 11.6 Å². The van der Waals surface area contributed by atoms with Gasteiger partial charge in [-0.2, -0.15) is 0 Å². The van der Waals surface area contributed by atoms with E-state index in [1.165, 1.54) is 42.1 Å². The van der Waals surface area contributed by atoms with Gasteiger partial charge >= 0.3 is 6.03 Å². The lowest BCUT2D eigenvalue weighted by molar-refractivity contribution is -0.123. The Kier molecular flexibility index (Phi) is 5.36. The van der Waals surface area contributed by atoms with E-state index in [0.717, 1.165) is 11.1 Å². The van der Waals surface area contributed by atoms with Gasteiger partial charge in [-0.25, -0.2) is 13.6 Å². The number of anilines is 2. The number of halogens is 2. The molecule has 1 fully saturated rings. The maximum atomic E-state index is 14.1. The molecule has 0 saturated carbocycles. The van der Waals surface area contributed by atoms with Crippen LogP contribution in [0.15, 0.2) is 72.8 Å². The molecule has 5 rings (SSSR count). The Labute approximate surface area is 200 Å². The first-order valence-electron chi connectivity index (χ1n) is 10.9. The van der Waals surface area contributed by atoms with Crippen LogP contribution in [0.2, 0.25) is 0 Å². The van der Waals surface area contributed by atoms with E-state index in [4.69, 9.17) is 0 Å². The van der Waals surface area contributed by atoms with Gasteiger partial charge < -0.3 is 10.2 Å². The van der Waals surface area contributed by atoms with Crippen molar-refractivity contribution in [3.63, 3.8) is 0 Å². The van der Waals surface area contributed by atoms with Crippen molar-refractivity contribution < 1.29 is 18.4 Å². The zero-order valence-corrected chi connectivity index (χ0v) is 19.5. The molecule has 1 N–H and O–H groups in total. The zero-order chi connectivity index (χ0) is 24.1. The lowest BCUT2D eigenvalue weighted by atomic mass is 10.1. The van der Waals surface area contributed by atoms with Crippen LogP contribution in [0.5, 0.6) is 0 Å². The third kappa shape index (κ3) is 3.72. The minimum atomic E-state index is -1.27. The molecule has 0 unspecified atom stereocenters. The molecule has 1 atom stereocenters. The Hall–Kier alpha value is -3.39. The van der Waals surface area contributed by atoms with E-state index in [1.54, 1.807) is 28.0 Å². The van der Waals surface area contributed by atoms with Crippen molar-refractivity contribution in [3.05, 3.63) is 95.6 Å². The van der Waals surface area contributed by atoms with Crippen LogP contribution in [0, 0.1) is 11.6 Å². The van der Waals surface area contributed by atoms with Crippen molar-refractivity contribution in [2.45, 2.75) is 30.0 Å². The highest BCUT2D eigenvalue weighted by Crippen LogP contribution is 2.59. The lowest BCUT2D eigenvalue weighted by Gasteiger charge is -2.33. The molecular weight excluding hydrogens is 456 g/mol. The Morgan fingerprint density at radius 3 is 2.47 bits per heavy atom. The summed E-state index contributed by atoms with van der Waals surface area (Å²) in [5, 5.41) is 2.76. The van der Waals surface area contributed by atoms with Gasteiger partial charge in [-0.3, -0.25) is 9.69 Å². The van der Waals surface area contributed by atoms with Crippen molar-refractivity contribution in [3.8, 4) is 0 Å². The first-order valence-corrected chi connectivity index (χ1v) is 11.7. The smallest absolute Gasteiger partial charge is 0.308 e. The highest BCUT2D eigenvalue weighted by atomic mass is 32.2. The minimum Gasteiger partial charge on any atom is -0.308 e. The first kappa shape index (κ1) is 22.4. The fourth-order valence-corrected chi connectivity index (χ4v) is 6.37. The van der Waals surface area contributed by atoms with Crippen molar-refractivity contribution in [1.82, 2.24) is 4.90 Å². The second-order valence-electron chi connectivity index (χ2n) is 9.07. The van der Waals surface area contributed by atoms with Crippen LogP contribution in [0.1, 0.15) is 25.0 Å². The van der Waals surface area contributed by atoms with Crippen LogP contribution in [0.4, 0.5) is 25.0 Å². The third-order valence-electron chi connectivity index (χ3n) is 6.01. The lowest BCUT2D eigenvalue weighted by Crippen LogP contribution is -2.51. The summed E-state index contributed by atoms with van der Waals surface area (Å²) in [6.07, 6.45) is 0. The van der Waals surface area contributed by atoms with E-state index in [9.17, 15) is 18.4 Å². The molecule has 0 radical (unpaired) electrons. The van der Waals surface area contributed by atoms with Crippen LogP contribution in [-0.4, -0.2) is 28.1 Å². The van der Waals surface area contributed by atoms with E-state index >= 15 is 0 Å². The van der Waals surface area contributed by atoms with Crippen molar-refractivity contribution >= 4 is 35.1 Å². The number of para-hydroxylation sites is 1. The molecule has 3 aromatic carbocycles. The maximum Gasteiger partial charge on any atom is 0.323 e. The monoisotopic (exact) mass is 479 g/mol. The summed E-state index contributed by atoms with van der Waals surface area (Å²) in [7, 11) is 0. The second-order valence-corrected chi connectivity index (χ2v) is 11.0. The summed E-state index contributed by atoms with van der Waals surface area (Å²) in [6.45, 7) is 4.56. The van der Waals surface area contributed by atoms with Gasteiger partial charge in [0, 0.05) is 22.5 Å². The summed E-state index contributed by atoms with van der Waals surface area (Å²) in [5.74, 6) is -1.04. The van der Waals surface area contributed by atoms with E-state index < -0.39 is 21.5 Å². The fourth-order valence-electron chi connectivity index (χ4n) is 4.64. The van der Waals surface area contributed by atoms with Gasteiger partial charge in [-0.1, -0.05) is 36.4 Å². The largest absolute Gasteiger partial charge is 0.323 e. The van der Waals surface area contributed by atoms with Gasteiger partial charge in [-0.05, 0) is 55.8 Å². The summed E-state index contributed by atoms with van der Waals surface area (Å²) in [5.41, 5.74) is 2.54. The van der Waals surface area contributed by atoms with Gasteiger partial charge in [0.2, 0.25) is 0 Å². The molecule has 34 heavy (non-hydrogen) atoms. The quantitative estimate of drug-likeness (QED) is 0.523. The Morgan fingerprint density at radius 1 is 1.00 bits per heavy atom. The molecule has 3 amide bonds. The van der Waals surface area contributed by atoms with E-state index in [-0.39, 0.29) is 18.3 Å². The molecule has 2 heterocycles. The van der Waals surface area contributed by atoms with Gasteiger partial charge in [0.15, 0.2) is 4.87 Å². The van der Waals surface area contributed by atoms with Crippen LogP contribution in [0.3, 0.4) is 0 Å². The molecule has 0 aromatic heterocycles. The van der Waals surface area contributed by atoms with Crippen molar-refractivity contribution in [2.24, 2.45) is 0 Å². The molecule has 1 spiro atoms. The Morgan fingerprint density at radius 2 is 1.74 bits per heavy atom. The molecular formula is C26H23F2N3O2S. The van der Waals surface area contributed by atoms with Crippen LogP contribution in [0.25, 0.3) is 0 Å². The number of carbonyl (C=O) groups excluding carboxylic acids is 2. The number of hydrogen-bond donors (Lipinski definition) is 1. The van der Waals surface area contributed by atoms with E-state index in [0.29, 0.717) is 17.9 Å². The summed E-state index contributed by atoms with van der Waals surface area (Å²) < 4.78 is 26.7. The standard InChI is InChI=1S/C26H23F2N3O2S/c1-25(2)16-31(24(33)29-20-7-5-6-19(28)14-20)26(34-25)21-8-3-4-9-22(21)30(23(26)32)15-17-10-12-18(27)13-11-17/h3-14H,15-16H2,1-2H3,(H,29,33)/t26-/m1/s1. The summed E-state index contributed by atoms with van der Waals surface area (Å²) >= 11 is 1.44. The predicted molar refractivity (Wildman–Crippen MR) is 130 cm³/mol. The van der Waals surface area contributed by atoms with Crippen molar-refractivity contribution in [2.75, 3.05) is 16.8 Å². The third-order valence-corrected chi connectivity index (χ3v) is 7.60. The summed E-state index contributed by atoms with van der Waals surface area (Å²) in [4.78, 5) is 29.6. The predicted octanol–water partition coefficient (Wildman–Crippen LogP) is 5.72. The Balaban J connectivity index is 1.55. The number of thioether (sulfide) groups is 1. The summed E-state index contributed by atoms with van der Waals surface area (Å²) in [6, 6.07) is 18.6. The molecule has 3 aromatic rings. The van der Waals surface area contributed by atoms with E-state index in [1.807, 2.05) is 38.1 Å². The number of benzene rings is 3. The molecule has 8 heteroatoms. The number of hydrogen-bond acceptors (Lipinski definition) is 3. The van der Waals surface area contributed by atoms with Crippen LogP contribution < -0.4 is 10.2 Å². The second kappa shape index (κ2) is 8.13. The maximum absolute atomic E-state index is 14.1. The average molecular weight is 480 g/mol.